The maximum Gasteiger partial charge on any atom is 0.123 e. The van der Waals surface area contributed by atoms with Gasteiger partial charge in [0.2, 0.25) is 0 Å². The fraction of sp³-hybridized carbons (Fsp3) is 0.444. The van der Waals surface area contributed by atoms with Gasteiger partial charge in [-0.15, -0.1) is 10.2 Å². The van der Waals surface area contributed by atoms with E-state index in [2.05, 4.69) is 49.8 Å². The van der Waals surface area contributed by atoms with E-state index in [0.717, 1.165) is 37.2 Å². The highest BCUT2D eigenvalue weighted by atomic mass is 15.2. The van der Waals surface area contributed by atoms with E-state index in [9.17, 15) is 0 Å². The number of H-pyrrole nitrogens is 1. The Morgan fingerprint density at radius 3 is 3.00 bits per heavy atom. The van der Waals surface area contributed by atoms with Crippen molar-refractivity contribution in [1.29, 1.82) is 0 Å². The molecule has 0 bridgehead atoms. The monoisotopic (exact) mass is 322 g/mol. The molecule has 0 unspecified atom stereocenters. The second-order valence-corrected chi connectivity index (χ2v) is 6.97. The maximum absolute atomic E-state index is 3.90. The first-order chi connectivity index (χ1) is 11.9. The van der Waals surface area contributed by atoms with E-state index in [1.807, 2.05) is 4.57 Å². The van der Waals surface area contributed by atoms with Crippen molar-refractivity contribution in [2.45, 2.75) is 18.9 Å². The molecule has 2 aliphatic heterocycles. The molecule has 0 radical (unpaired) electrons. The van der Waals surface area contributed by atoms with E-state index >= 15 is 0 Å². The third-order valence-corrected chi connectivity index (χ3v) is 5.70. The first kappa shape index (κ1) is 14.2. The Kier molecular flexibility index (Phi) is 3.38. The molecule has 6 heteroatoms. The van der Waals surface area contributed by atoms with Crippen molar-refractivity contribution in [3.63, 3.8) is 0 Å². The molecule has 2 aromatic heterocycles. The molecule has 0 saturated carbocycles. The highest BCUT2D eigenvalue weighted by molar-refractivity contribution is 5.85. The summed E-state index contributed by atoms with van der Waals surface area (Å²) in [5.41, 5.74) is 3.70. The molecule has 0 aliphatic carbocycles. The SMILES string of the molecule is c1cc2[nH]cc(CCN3CC[C@@H]4CNC[C@@H]43)c2cc1-n1cnnc1. The average Bonchev–Trinajstić information content (AvgIpc) is 3.36. The van der Waals surface area contributed by atoms with Crippen LogP contribution in [-0.2, 0) is 6.42 Å². The molecule has 0 amide bonds. The number of benzene rings is 1. The average molecular weight is 322 g/mol. The molecule has 3 aromatic rings. The predicted octanol–water partition coefficient (Wildman–Crippen LogP) is 1.58. The molecule has 2 N–H and O–H groups in total. The lowest BCUT2D eigenvalue weighted by Gasteiger charge is -2.22. The number of rotatable bonds is 4. The number of fused-ring (bicyclic) bond motifs is 2. The number of nitrogens with one attached hydrogen (secondary N) is 2. The van der Waals surface area contributed by atoms with Crippen molar-refractivity contribution in [3.8, 4) is 5.69 Å². The predicted molar refractivity (Wildman–Crippen MR) is 93.3 cm³/mol. The van der Waals surface area contributed by atoms with E-state index in [1.165, 1.54) is 36.0 Å². The summed E-state index contributed by atoms with van der Waals surface area (Å²) in [6.45, 7) is 4.77. The molecule has 2 fully saturated rings. The molecule has 0 spiro atoms. The zero-order valence-electron chi connectivity index (χ0n) is 13.7. The summed E-state index contributed by atoms with van der Waals surface area (Å²) >= 11 is 0. The fourth-order valence-electron chi connectivity index (χ4n) is 4.35. The molecule has 4 heterocycles. The number of nitrogens with zero attached hydrogens (tertiary/aromatic N) is 4. The van der Waals surface area contributed by atoms with Crippen LogP contribution in [0.15, 0.2) is 37.1 Å². The number of aromatic nitrogens is 4. The van der Waals surface area contributed by atoms with E-state index in [1.54, 1.807) is 12.7 Å². The summed E-state index contributed by atoms with van der Waals surface area (Å²) in [7, 11) is 0. The van der Waals surface area contributed by atoms with Gasteiger partial charge < -0.3 is 10.3 Å². The maximum atomic E-state index is 3.90. The van der Waals surface area contributed by atoms with Gasteiger partial charge in [-0.2, -0.15) is 0 Å². The summed E-state index contributed by atoms with van der Waals surface area (Å²) in [6.07, 6.45) is 8.09. The lowest BCUT2D eigenvalue weighted by atomic mass is 10.0. The number of likely N-dealkylation sites (tertiary alicyclic amines) is 1. The van der Waals surface area contributed by atoms with Crippen LogP contribution in [0.2, 0.25) is 0 Å². The first-order valence-electron chi connectivity index (χ1n) is 8.78. The smallest absolute Gasteiger partial charge is 0.123 e. The van der Waals surface area contributed by atoms with Crippen molar-refractivity contribution in [1.82, 2.24) is 30.0 Å². The molecule has 5 rings (SSSR count). The summed E-state index contributed by atoms with van der Waals surface area (Å²) in [6, 6.07) is 7.22. The zero-order chi connectivity index (χ0) is 15.9. The Hall–Kier alpha value is -2.18. The third-order valence-electron chi connectivity index (χ3n) is 5.70. The van der Waals surface area contributed by atoms with Gasteiger partial charge in [0, 0.05) is 41.9 Å². The minimum atomic E-state index is 0.753. The van der Waals surface area contributed by atoms with Gasteiger partial charge in [-0.1, -0.05) is 0 Å². The van der Waals surface area contributed by atoms with Crippen molar-refractivity contribution in [3.05, 3.63) is 42.6 Å². The largest absolute Gasteiger partial charge is 0.361 e. The molecule has 1 aromatic carbocycles. The van der Waals surface area contributed by atoms with Gasteiger partial charge in [0.1, 0.15) is 12.7 Å². The number of hydrogen-bond acceptors (Lipinski definition) is 4. The minimum Gasteiger partial charge on any atom is -0.361 e. The van der Waals surface area contributed by atoms with Gasteiger partial charge in [0.05, 0.1) is 0 Å². The van der Waals surface area contributed by atoms with Crippen LogP contribution in [0.5, 0.6) is 0 Å². The van der Waals surface area contributed by atoms with Gasteiger partial charge in [-0.25, -0.2) is 0 Å². The molecule has 2 saturated heterocycles. The molecule has 6 nitrogen and oxygen atoms in total. The summed E-state index contributed by atoms with van der Waals surface area (Å²) in [5, 5.41) is 12.6. The van der Waals surface area contributed by atoms with Crippen LogP contribution >= 0.6 is 0 Å². The van der Waals surface area contributed by atoms with Crippen LogP contribution in [0, 0.1) is 5.92 Å². The topological polar surface area (TPSA) is 61.8 Å². The summed E-state index contributed by atoms with van der Waals surface area (Å²) < 4.78 is 1.95. The second-order valence-electron chi connectivity index (χ2n) is 6.97. The van der Waals surface area contributed by atoms with E-state index in [0.29, 0.717) is 0 Å². The Morgan fingerprint density at radius 2 is 2.08 bits per heavy atom. The van der Waals surface area contributed by atoms with E-state index in [-0.39, 0.29) is 0 Å². The zero-order valence-corrected chi connectivity index (χ0v) is 13.7. The second kappa shape index (κ2) is 5.72. The van der Waals surface area contributed by atoms with E-state index < -0.39 is 0 Å². The van der Waals surface area contributed by atoms with Gasteiger partial charge in [-0.3, -0.25) is 9.47 Å². The van der Waals surface area contributed by atoms with Crippen LogP contribution in [0.1, 0.15) is 12.0 Å². The van der Waals surface area contributed by atoms with Gasteiger partial charge >= 0.3 is 0 Å². The Labute approximate surface area is 140 Å². The van der Waals surface area contributed by atoms with Crippen molar-refractivity contribution in [2.24, 2.45) is 5.92 Å². The van der Waals surface area contributed by atoms with E-state index in [4.69, 9.17) is 0 Å². The highest BCUT2D eigenvalue weighted by Crippen LogP contribution is 2.28. The molecule has 2 atom stereocenters. The van der Waals surface area contributed by atoms with Crippen LogP contribution in [0.3, 0.4) is 0 Å². The van der Waals surface area contributed by atoms with Gasteiger partial charge in [-0.05, 0) is 55.6 Å². The van der Waals surface area contributed by atoms with Crippen LogP contribution in [0.25, 0.3) is 16.6 Å². The Balaban J connectivity index is 1.37. The van der Waals surface area contributed by atoms with Crippen molar-refractivity contribution in [2.75, 3.05) is 26.2 Å². The molecular weight excluding hydrogens is 300 g/mol. The van der Waals surface area contributed by atoms with Gasteiger partial charge in [0.15, 0.2) is 0 Å². The van der Waals surface area contributed by atoms with Crippen LogP contribution in [0.4, 0.5) is 0 Å². The first-order valence-corrected chi connectivity index (χ1v) is 8.78. The lowest BCUT2D eigenvalue weighted by molar-refractivity contribution is 0.256. The lowest BCUT2D eigenvalue weighted by Crippen LogP contribution is -2.35. The number of hydrogen-bond donors (Lipinski definition) is 2. The standard InChI is InChI=1S/C18H22N6/c1-2-17-16(7-15(1)24-11-21-22-12-24)13(9-20-17)3-5-23-6-4-14-8-19-10-18(14)23/h1-2,7,9,11-12,14,18-20H,3-6,8,10H2/t14-,18+/m1/s1. The van der Waals surface area contributed by atoms with Gasteiger partial charge in [0.25, 0.3) is 0 Å². The Morgan fingerprint density at radius 1 is 1.17 bits per heavy atom. The van der Waals surface area contributed by atoms with Crippen LogP contribution < -0.4 is 5.32 Å². The van der Waals surface area contributed by atoms with Crippen LogP contribution in [-0.4, -0.2) is 56.9 Å². The molecular formula is C18H22N6. The van der Waals surface area contributed by atoms with Crippen molar-refractivity contribution < 1.29 is 0 Å². The summed E-state index contributed by atoms with van der Waals surface area (Å²) in [4.78, 5) is 6.08. The highest BCUT2D eigenvalue weighted by Gasteiger charge is 2.36. The minimum absolute atomic E-state index is 0.753. The number of aromatic amines is 1. The Bertz CT molecular complexity index is 836. The summed E-state index contributed by atoms with van der Waals surface area (Å²) in [5.74, 6) is 0.869. The van der Waals surface area contributed by atoms with Crippen molar-refractivity contribution >= 4 is 10.9 Å². The molecule has 2 aliphatic rings. The normalized spacial score (nSPS) is 24.0. The quantitative estimate of drug-likeness (QED) is 0.766. The molecule has 24 heavy (non-hydrogen) atoms. The third kappa shape index (κ3) is 2.34. The molecule has 124 valence electrons. The fourth-order valence-corrected chi connectivity index (χ4v) is 4.35.